The predicted molar refractivity (Wildman–Crippen MR) is 111 cm³/mol. The Bertz CT molecular complexity index is 910. The number of piperidine rings is 1. The maximum atomic E-state index is 12.9. The second-order valence-corrected chi connectivity index (χ2v) is 9.61. The highest BCUT2D eigenvalue weighted by Gasteiger charge is 2.26. The van der Waals surface area contributed by atoms with Gasteiger partial charge in [0.1, 0.15) is 12.4 Å². The summed E-state index contributed by atoms with van der Waals surface area (Å²) < 4.78 is 33.4. The van der Waals surface area contributed by atoms with Crippen molar-refractivity contribution in [3.05, 3.63) is 58.6 Å². The molecule has 1 fully saturated rings. The number of nitrogens with zero attached hydrogens (tertiary/aromatic N) is 2. The molecular weight excluding hydrogens is 396 g/mol. The number of ether oxygens (including phenoxy) is 1. The first-order valence-corrected chi connectivity index (χ1v) is 11.3. The average molecular weight is 422 g/mol. The van der Waals surface area contributed by atoms with Crippen molar-refractivity contribution >= 4 is 21.6 Å². The van der Waals surface area contributed by atoms with E-state index in [1.54, 1.807) is 28.6 Å². The zero-order valence-corrected chi connectivity index (χ0v) is 17.9. The maximum Gasteiger partial charge on any atom is 0.243 e. The molecule has 7 heteroatoms. The van der Waals surface area contributed by atoms with Crippen LogP contribution < -0.4 is 4.74 Å². The molecule has 0 aromatic heterocycles. The predicted octanol–water partition coefficient (Wildman–Crippen LogP) is 3.96. The molecule has 1 saturated heterocycles. The third-order valence-electron chi connectivity index (χ3n) is 4.73. The van der Waals surface area contributed by atoms with Gasteiger partial charge >= 0.3 is 0 Å². The van der Waals surface area contributed by atoms with Crippen LogP contribution in [0.15, 0.2) is 41.3 Å². The fourth-order valence-electron chi connectivity index (χ4n) is 3.28. The smallest absolute Gasteiger partial charge is 0.243 e. The van der Waals surface area contributed by atoms with Crippen LogP contribution in [0.4, 0.5) is 0 Å². The number of sulfonamides is 1. The molecule has 0 atom stereocenters. The molecule has 3 rings (SSSR count). The summed E-state index contributed by atoms with van der Waals surface area (Å²) in [4.78, 5) is 2.32. The van der Waals surface area contributed by atoms with Crippen LogP contribution in [0.25, 0.3) is 0 Å². The highest BCUT2D eigenvalue weighted by Crippen LogP contribution is 2.27. The zero-order chi connectivity index (χ0) is 20.1. The summed E-state index contributed by atoms with van der Waals surface area (Å²) in [6, 6.07) is 13.6. The second-order valence-electron chi connectivity index (χ2n) is 7.27. The fraction of sp³-hybridized carbons (Fsp3) is 0.429. The van der Waals surface area contributed by atoms with Crippen molar-refractivity contribution in [2.45, 2.75) is 37.3 Å². The van der Waals surface area contributed by atoms with Gasteiger partial charge in [0.2, 0.25) is 10.0 Å². The van der Waals surface area contributed by atoms with Crippen LogP contribution in [0.5, 0.6) is 5.75 Å². The van der Waals surface area contributed by atoms with Gasteiger partial charge in [0.25, 0.3) is 0 Å². The molecule has 0 amide bonds. The molecule has 1 aliphatic rings. The van der Waals surface area contributed by atoms with E-state index in [1.807, 2.05) is 26.2 Å². The average Bonchev–Trinajstić information content (AvgIpc) is 2.68. The lowest BCUT2D eigenvalue weighted by molar-refractivity contribution is 0.294. The fourth-order valence-corrected chi connectivity index (χ4v) is 5.02. The first-order chi connectivity index (χ1) is 13.4. The Balaban J connectivity index is 1.79. The molecule has 1 aliphatic heterocycles. The molecule has 0 aliphatic carbocycles. The van der Waals surface area contributed by atoms with Gasteiger partial charge in [0, 0.05) is 41.9 Å². The first-order valence-electron chi connectivity index (χ1n) is 9.43. The number of hydrogen-bond acceptors (Lipinski definition) is 4. The van der Waals surface area contributed by atoms with Crippen molar-refractivity contribution in [1.29, 1.82) is 0 Å². The van der Waals surface area contributed by atoms with E-state index < -0.39 is 10.0 Å². The molecule has 1 heterocycles. The standard InChI is InChI=1S/C21H26ClN2O3S/c1-23(2)15-17-8-4-5-9-21(17)27-16-18-14-19(10-11-20(18)22)28(25,26)24-12-6-3-7-13-24/h4-5,8,10-11,14H,3,6-7,12-13,15-16H2,1-2H3. The van der Waals surface area contributed by atoms with E-state index in [2.05, 4.69) is 11.0 Å². The lowest BCUT2D eigenvalue weighted by Gasteiger charge is -2.26. The first kappa shape index (κ1) is 21.1. The quantitative estimate of drug-likeness (QED) is 0.679. The number of rotatable bonds is 7. The van der Waals surface area contributed by atoms with E-state index in [4.69, 9.17) is 16.3 Å². The summed E-state index contributed by atoms with van der Waals surface area (Å²) in [5, 5.41) is 0.489. The molecule has 0 spiro atoms. The van der Waals surface area contributed by atoms with Gasteiger partial charge < -0.3 is 9.64 Å². The van der Waals surface area contributed by atoms with E-state index in [0.717, 1.165) is 31.4 Å². The van der Waals surface area contributed by atoms with Crippen LogP contribution >= 0.6 is 11.6 Å². The molecular formula is C21H26ClN2O3S. The van der Waals surface area contributed by atoms with Crippen molar-refractivity contribution in [3.63, 3.8) is 0 Å². The van der Waals surface area contributed by atoms with E-state index in [1.165, 1.54) is 0 Å². The Morgan fingerprint density at radius 3 is 2.61 bits per heavy atom. The number of para-hydroxylation sites is 1. The Hall–Kier alpha value is -1.60. The van der Waals surface area contributed by atoms with Crippen LogP contribution in [0.3, 0.4) is 0 Å². The largest absolute Gasteiger partial charge is 0.488 e. The van der Waals surface area contributed by atoms with Crippen molar-refractivity contribution in [2.24, 2.45) is 0 Å². The molecule has 151 valence electrons. The van der Waals surface area contributed by atoms with Crippen LogP contribution in [0.1, 0.15) is 30.4 Å². The Morgan fingerprint density at radius 1 is 1.14 bits per heavy atom. The SMILES string of the molecule is CN(C)Cc1ccc[c]c1OCc1cc(S(=O)(=O)N2CCCCC2)ccc1Cl. The Kier molecular flexibility index (Phi) is 6.99. The van der Waals surface area contributed by atoms with E-state index in [0.29, 0.717) is 29.4 Å². The van der Waals surface area contributed by atoms with Gasteiger partial charge in [-0.05, 0) is 45.1 Å². The highest BCUT2D eigenvalue weighted by atomic mass is 35.5. The highest BCUT2D eigenvalue weighted by molar-refractivity contribution is 7.89. The zero-order valence-electron chi connectivity index (χ0n) is 16.3. The normalized spacial score (nSPS) is 15.7. The molecule has 28 heavy (non-hydrogen) atoms. The lowest BCUT2D eigenvalue weighted by Crippen LogP contribution is -2.35. The molecule has 2 aromatic rings. The Morgan fingerprint density at radius 2 is 1.89 bits per heavy atom. The molecule has 0 unspecified atom stereocenters. The summed E-state index contributed by atoms with van der Waals surface area (Å²) in [7, 11) is 0.474. The summed E-state index contributed by atoms with van der Waals surface area (Å²) in [5.41, 5.74) is 1.66. The minimum absolute atomic E-state index is 0.184. The third kappa shape index (κ3) is 5.06. The van der Waals surface area contributed by atoms with Gasteiger partial charge in [0.05, 0.1) is 4.90 Å². The number of hydrogen-bond donors (Lipinski definition) is 0. The van der Waals surface area contributed by atoms with Gasteiger partial charge in [-0.2, -0.15) is 4.31 Å². The van der Waals surface area contributed by atoms with Crippen molar-refractivity contribution in [2.75, 3.05) is 27.2 Å². The minimum Gasteiger partial charge on any atom is -0.488 e. The molecule has 0 saturated carbocycles. The van der Waals surface area contributed by atoms with Crippen LogP contribution in [0, 0.1) is 6.07 Å². The van der Waals surface area contributed by atoms with Gasteiger partial charge in [-0.3, -0.25) is 0 Å². The van der Waals surface area contributed by atoms with E-state index in [9.17, 15) is 8.42 Å². The number of benzene rings is 2. The summed E-state index contributed by atoms with van der Waals surface area (Å²) in [6.45, 7) is 2.06. The van der Waals surface area contributed by atoms with Gasteiger partial charge in [-0.25, -0.2) is 8.42 Å². The van der Waals surface area contributed by atoms with Crippen molar-refractivity contribution < 1.29 is 13.2 Å². The minimum atomic E-state index is -3.50. The van der Waals surface area contributed by atoms with Crippen LogP contribution in [0.2, 0.25) is 5.02 Å². The molecule has 1 radical (unpaired) electrons. The van der Waals surface area contributed by atoms with Crippen LogP contribution in [-0.2, 0) is 23.2 Å². The second kappa shape index (κ2) is 9.27. The molecule has 0 bridgehead atoms. The molecule has 2 aromatic carbocycles. The lowest BCUT2D eigenvalue weighted by atomic mass is 10.2. The van der Waals surface area contributed by atoms with Gasteiger partial charge in [-0.15, -0.1) is 0 Å². The number of halogens is 1. The summed E-state index contributed by atoms with van der Waals surface area (Å²) >= 11 is 6.32. The summed E-state index contributed by atoms with van der Waals surface area (Å²) in [5.74, 6) is 0.650. The monoisotopic (exact) mass is 421 g/mol. The van der Waals surface area contributed by atoms with E-state index in [-0.39, 0.29) is 11.5 Å². The maximum absolute atomic E-state index is 12.9. The van der Waals surface area contributed by atoms with Crippen molar-refractivity contribution in [1.82, 2.24) is 9.21 Å². The molecule has 0 N–H and O–H groups in total. The topological polar surface area (TPSA) is 49.9 Å². The van der Waals surface area contributed by atoms with Gasteiger partial charge in [0.15, 0.2) is 0 Å². The third-order valence-corrected chi connectivity index (χ3v) is 6.99. The van der Waals surface area contributed by atoms with Crippen LogP contribution in [-0.4, -0.2) is 44.8 Å². The van der Waals surface area contributed by atoms with Gasteiger partial charge in [-0.1, -0.05) is 36.2 Å². The molecule has 5 nitrogen and oxygen atoms in total. The van der Waals surface area contributed by atoms with Crippen molar-refractivity contribution in [3.8, 4) is 5.75 Å². The summed E-state index contributed by atoms with van der Waals surface area (Å²) in [6.07, 6.45) is 2.89. The van der Waals surface area contributed by atoms with E-state index >= 15 is 0 Å². The Labute approximate surface area is 172 Å².